The molecule has 1 saturated heterocycles. The Morgan fingerprint density at radius 1 is 1.22 bits per heavy atom. The molecule has 1 fully saturated rings. The van der Waals surface area contributed by atoms with E-state index in [-0.39, 0.29) is 5.60 Å². The Hall–Kier alpha value is -2.67. The van der Waals surface area contributed by atoms with Gasteiger partial charge in [0.25, 0.3) is 6.47 Å². The Bertz CT molecular complexity index is 872. The molecular formula is C20H27N5O2. The smallest absolute Gasteiger partial charge is 0.293 e. The van der Waals surface area contributed by atoms with Crippen molar-refractivity contribution in [2.24, 2.45) is 0 Å². The van der Waals surface area contributed by atoms with Crippen LogP contribution in [0.1, 0.15) is 39.7 Å². The molecule has 1 aliphatic rings. The van der Waals surface area contributed by atoms with E-state index in [1.54, 1.807) is 0 Å². The van der Waals surface area contributed by atoms with E-state index in [0.717, 1.165) is 48.1 Å². The number of piperidine rings is 1. The lowest BCUT2D eigenvalue weighted by Crippen LogP contribution is -2.29. The van der Waals surface area contributed by atoms with Gasteiger partial charge in [0.15, 0.2) is 0 Å². The van der Waals surface area contributed by atoms with Crippen LogP contribution in [0, 0.1) is 0 Å². The zero-order valence-electron chi connectivity index (χ0n) is 16.1. The summed E-state index contributed by atoms with van der Waals surface area (Å²) in [5, 5.41) is 9.06. The van der Waals surface area contributed by atoms with Crippen molar-refractivity contribution < 1.29 is 9.53 Å². The van der Waals surface area contributed by atoms with Crippen LogP contribution in [0.3, 0.4) is 0 Å². The van der Waals surface area contributed by atoms with Crippen molar-refractivity contribution in [1.82, 2.24) is 25.1 Å². The zero-order chi connectivity index (χ0) is 19.3. The highest BCUT2D eigenvalue weighted by Gasteiger charge is 2.16. The molecule has 4 rings (SSSR count). The first kappa shape index (κ1) is 19.1. The summed E-state index contributed by atoms with van der Waals surface area (Å²) in [6.45, 7) is 8.08. The molecule has 0 aliphatic carbocycles. The van der Waals surface area contributed by atoms with Crippen LogP contribution in [-0.4, -0.2) is 44.9 Å². The minimum absolute atomic E-state index is 0.318. The van der Waals surface area contributed by atoms with Crippen molar-refractivity contribution in [3.63, 3.8) is 0 Å². The molecule has 0 saturated carbocycles. The summed E-state index contributed by atoms with van der Waals surface area (Å²) < 4.78 is 6.66. The van der Waals surface area contributed by atoms with Crippen molar-refractivity contribution >= 4 is 17.5 Å². The fraction of sp³-hybridized carbons (Fsp3) is 0.450. The molecule has 7 heteroatoms. The quantitative estimate of drug-likeness (QED) is 0.692. The highest BCUT2D eigenvalue weighted by atomic mass is 16.5. The maximum absolute atomic E-state index is 9.60. The Labute approximate surface area is 159 Å². The molecule has 3 aromatic heterocycles. The molecule has 0 unspecified atom stereocenters. The summed E-state index contributed by atoms with van der Waals surface area (Å²) >= 11 is 0. The van der Waals surface area contributed by atoms with Crippen LogP contribution in [0.2, 0.25) is 0 Å². The molecule has 7 nitrogen and oxygen atoms in total. The number of aromatic amines is 1. The Morgan fingerprint density at radius 3 is 2.67 bits per heavy atom. The standard InChI is InChI=1S/C15H17N5.C5H10O2/c1-6-17-15-11(1)7-12(8-18-15)13-9-19-20(10-13)14-2-4-16-5-3-14;1-5(2,3)7-4-6/h1,6-10,14,16H,2-5H2,(H,17,18);4H,1-3H3. The van der Waals surface area contributed by atoms with Gasteiger partial charge in [0, 0.05) is 35.1 Å². The number of carbonyl (C=O) groups excluding carboxylic acids is 1. The first-order valence-corrected chi connectivity index (χ1v) is 9.26. The predicted octanol–water partition coefficient (Wildman–Crippen LogP) is 3.31. The fourth-order valence-corrected chi connectivity index (χ4v) is 3.00. The number of aromatic nitrogens is 4. The first-order chi connectivity index (χ1) is 13.0. The van der Waals surface area contributed by atoms with E-state index >= 15 is 0 Å². The van der Waals surface area contributed by atoms with Crippen LogP contribution >= 0.6 is 0 Å². The van der Waals surface area contributed by atoms with Gasteiger partial charge in [-0.25, -0.2) is 4.98 Å². The second-order valence-electron chi connectivity index (χ2n) is 7.66. The zero-order valence-corrected chi connectivity index (χ0v) is 16.1. The van der Waals surface area contributed by atoms with E-state index in [1.165, 1.54) is 0 Å². The summed E-state index contributed by atoms with van der Waals surface area (Å²) in [4.78, 5) is 17.2. The van der Waals surface area contributed by atoms with Gasteiger partial charge in [-0.05, 0) is 58.8 Å². The molecule has 1 aliphatic heterocycles. The molecule has 0 radical (unpaired) electrons. The molecule has 0 aromatic carbocycles. The normalized spacial score (nSPS) is 15.2. The second-order valence-corrected chi connectivity index (χ2v) is 7.66. The van der Waals surface area contributed by atoms with Crippen molar-refractivity contribution in [3.05, 3.63) is 36.9 Å². The van der Waals surface area contributed by atoms with Gasteiger partial charge in [-0.3, -0.25) is 9.48 Å². The maximum atomic E-state index is 9.60. The number of H-pyrrole nitrogens is 1. The topological polar surface area (TPSA) is 84.8 Å². The highest BCUT2D eigenvalue weighted by Crippen LogP contribution is 2.24. The van der Waals surface area contributed by atoms with Crippen LogP contribution in [0.4, 0.5) is 0 Å². The van der Waals surface area contributed by atoms with Crippen LogP contribution in [0.5, 0.6) is 0 Å². The third kappa shape index (κ3) is 5.17. The summed E-state index contributed by atoms with van der Waals surface area (Å²) in [7, 11) is 0. The molecule has 2 N–H and O–H groups in total. The van der Waals surface area contributed by atoms with Crippen LogP contribution in [0.25, 0.3) is 22.2 Å². The Morgan fingerprint density at radius 2 is 2.00 bits per heavy atom. The Balaban J connectivity index is 0.000000260. The van der Waals surface area contributed by atoms with Gasteiger partial charge in [0.1, 0.15) is 11.2 Å². The number of nitrogens with zero attached hydrogens (tertiary/aromatic N) is 3. The minimum Gasteiger partial charge on any atom is -0.462 e. The summed E-state index contributed by atoms with van der Waals surface area (Å²) in [5.74, 6) is 0. The average molecular weight is 369 g/mol. The molecule has 0 bridgehead atoms. The number of nitrogens with one attached hydrogen (secondary N) is 2. The highest BCUT2D eigenvalue weighted by molar-refractivity contribution is 5.80. The number of ether oxygens (including phenoxy) is 1. The molecule has 4 heterocycles. The van der Waals surface area contributed by atoms with E-state index in [0.29, 0.717) is 12.5 Å². The fourth-order valence-electron chi connectivity index (χ4n) is 3.00. The van der Waals surface area contributed by atoms with Gasteiger partial charge in [-0.15, -0.1) is 0 Å². The lowest BCUT2D eigenvalue weighted by molar-refractivity contribution is -0.138. The van der Waals surface area contributed by atoms with Crippen molar-refractivity contribution in [3.8, 4) is 11.1 Å². The van der Waals surface area contributed by atoms with E-state index in [9.17, 15) is 4.79 Å². The third-order valence-electron chi connectivity index (χ3n) is 4.42. The summed E-state index contributed by atoms with van der Waals surface area (Å²) in [5.41, 5.74) is 2.87. The van der Waals surface area contributed by atoms with Crippen LogP contribution < -0.4 is 5.32 Å². The number of fused-ring (bicyclic) bond motifs is 1. The lowest BCUT2D eigenvalue weighted by atomic mass is 10.1. The van der Waals surface area contributed by atoms with E-state index < -0.39 is 0 Å². The molecule has 27 heavy (non-hydrogen) atoms. The van der Waals surface area contributed by atoms with Gasteiger partial charge in [0.05, 0.1) is 12.2 Å². The third-order valence-corrected chi connectivity index (χ3v) is 4.42. The van der Waals surface area contributed by atoms with E-state index in [2.05, 4.69) is 42.1 Å². The first-order valence-electron chi connectivity index (χ1n) is 9.26. The number of hydrogen-bond acceptors (Lipinski definition) is 5. The number of carbonyl (C=O) groups is 1. The van der Waals surface area contributed by atoms with E-state index in [1.807, 2.05) is 45.4 Å². The molecule has 0 amide bonds. The van der Waals surface area contributed by atoms with Crippen LogP contribution in [-0.2, 0) is 9.53 Å². The predicted molar refractivity (Wildman–Crippen MR) is 105 cm³/mol. The summed E-state index contributed by atoms with van der Waals surface area (Å²) in [6.07, 6.45) is 10.2. The van der Waals surface area contributed by atoms with Crippen molar-refractivity contribution in [2.75, 3.05) is 13.1 Å². The second kappa shape index (κ2) is 8.35. The molecule has 0 atom stereocenters. The number of hydrogen-bond donors (Lipinski definition) is 2. The Kier molecular flexibility index (Phi) is 5.91. The van der Waals surface area contributed by atoms with Crippen LogP contribution in [0.15, 0.2) is 36.9 Å². The average Bonchev–Trinajstić information content (AvgIpc) is 3.31. The SMILES string of the molecule is CC(C)(C)OC=O.c1cc2cc(-c3cnn(C4CCNCC4)c3)cnc2[nH]1. The van der Waals surface area contributed by atoms with Gasteiger partial charge in [-0.2, -0.15) is 5.10 Å². The van der Waals surface area contributed by atoms with Crippen molar-refractivity contribution in [2.45, 2.75) is 45.3 Å². The number of rotatable bonds is 3. The van der Waals surface area contributed by atoms with Gasteiger partial charge < -0.3 is 15.0 Å². The van der Waals surface area contributed by atoms with Gasteiger partial charge in [0.2, 0.25) is 0 Å². The monoisotopic (exact) mass is 369 g/mol. The molecule has 0 spiro atoms. The van der Waals surface area contributed by atoms with E-state index in [4.69, 9.17) is 0 Å². The van der Waals surface area contributed by atoms with Gasteiger partial charge in [-0.1, -0.05) is 0 Å². The molecular weight excluding hydrogens is 342 g/mol. The van der Waals surface area contributed by atoms with Gasteiger partial charge >= 0.3 is 0 Å². The minimum atomic E-state index is -0.318. The molecule has 144 valence electrons. The largest absolute Gasteiger partial charge is 0.462 e. The maximum Gasteiger partial charge on any atom is 0.293 e. The summed E-state index contributed by atoms with van der Waals surface area (Å²) in [6, 6.07) is 4.72. The van der Waals surface area contributed by atoms with Crippen molar-refractivity contribution in [1.29, 1.82) is 0 Å². The molecule has 3 aromatic rings. The lowest BCUT2D eigenvalue weighted by Gasteiger charge is -2.22. The number of pyridine rings is 1.